The Hall–Kier alpha value is -1.54. The van der Waals surface area contributed by atoms with Crippen molar-refractivity contribution in [1.82, 2.24) is 9.55 Å². The molecule has 1 unspecified atom stereocenters. The van der Waals surface area contributed by atoms with E-state index >= 15 is 0 Å². The van der Waals surface area contributed by atoms with Crippen LogP contribution in [-0.4, -0.2) is 55.9 Å². The monoisotopic (exact) mass is 472 g/mol. The average Bonchev–Trinajstić information content (AvgIpc) is 3.28. The zero-order valence-electron chi connectivity index (χ0n) is 20.0. The fourth-order valence-corrected chi connectivity index (χ4v) is 4.29. The van der Waals surface area contributed by atoms with Crippen LogP contribution in [0.2, 0.25) is 0 Å². The molecule has 7 nitrogen and oxygen atoms in total. The van der Waals surface area contributed by atoms with E-state index in [4.69, 9.17) is 24.5 Å². The topological polar surface area (TPSA) is 102 Å². The first-order valence-electron chi connectivity index (χ1n) is 12.1. The third kappa shape index (κ3) is 20.4. The summed E-state index contributed by atoms with van der Waals surface area (Å²) in [6.07, 6.45) is 22.1. The second-order valence-corrected chi connectivity index (χ2v) is 9.38. The fourth-order valence-electron chi connectivity index (χ4n) is 3.12. The molecule has 0 fully saturated rings. The zero-order chi connectivity index (χ0) is 23.9. The number of aromatic nitrogens is 2. The Kier molecular flexibility index (Phi) is 21.6. The highest BCUT2D eigenvalue weighted by Crippen LogP contribution is 2.18. The van der Waals surface area contributed by atoms with Gasteiger partial charge in [0.05, 0.1) is 12.9 Å². The molecule has 1 aromatic rings. The van der Waals surface area contributed by atoms with Crippen molar-refractivity contribution >= 4 is 23.7 Å². The number of carbonyl (C=O) groups is 2. The summed E-state index contributed by atoms with van der Waals surface area (Å²) < 4.78 is 8.19. The molecule has 0 saturated carbocycles. The number of thioether (sulfide) groups is 1. The summed E-state index contributed by atoms with van der Waals surface area (Å²) in [5.41, 5.74) is 0. The van der Waals surface area contributed by atoms with E-state index in [-0.39, 0.29) is 0 Å². The Labute approximate surface area is 198 Å². The molecular formula is C24H44N2O5S. The van der Waals surface area contributed by atoms with Gasteiger partial charge in [0.1, 0.15) is 0 Å². The van der Waals surface area contributed by atoms with E-state index in [1.807, 2.05) is 12.5 Å². The Bertz CT molecular complexity index is 543. The van der Waals surface area contributed by atoms with Gasteiger partial charge in [0.2, 0.25) is 0 Å². The van der Waals surface area contributed by atoms with Crippen LogP contribution in [0.15, 0.2) is 18.7 Å². The number of ether oxygens (including phenoxy) is 1. The Morgan fingerprint density at radius 2 is 1.47 bits per heavy atom. The molecule has 8 heteroatoms. The number of hydrogen-bond acceptors (Lipinski definition) is 5. The van der Waals surface area contributed by atoms with Crippen LogP contribution in [0.5, 0.6) is 0 Å². The van der Waals surface area contributed by atoms with Crippen LogP contribution in [0.3, 0.4) is 0 Å². The van der Waals surface area contributed by atoms with Crippen molar-refractivity contribution in [1.29, 1.82) is 0 Å². The predicted molar refractivity (Wildman–Crippen MR) is 131 cm³/mol. The van der Waals surface area contributed by atoms with E-state index in [1.165, 1.54) is 82.8 Å². The van der Waals surface area contributed by atoms with Gasteiger partial charge in [-0.25, -0.2) is 14.6 Å². The highest BCUT2D eigenvalue weighted by atomic mass is 32.2. The molecule has 1 aromatic heterocycles. The van der Waals surface area contributed by atoms with Crippen molar-refractivity contribution in [3.05, 3.63) is 18.7 Å². The number of carboxylic acid groups (broad SMARTS) is 2. The SMILES string of the molecule is CCCCCCCCOCC(Cn1ccnc1)SCCCCCCCC.O=C(O)C(=O)O. The van der Waals surface area contributed by atoms with Gasteiger partial charge in [-0.05, 0) is 18.6 Å². The van der Waals surface area contributed by atoms with Gasteiger partial charge in [0.25, 0.3) is 0 Å². The minimum atomic E-state index is -1.82. The molecule has 0 aliphatic rings. The molecule has 1 rings (SSSR count). The molecular weight excluding hydrogens is 428 g/mol. The summed E-state index contributed by atoms with van der Waals surface area (Å²) in [5.74, 6) is -2.39. The van der Waals surface area contributed by atoms with Gasteiger partial charge < -0.3 is 19.5 Å². The Morgan fingerprint density at radius 3 is 2.00 bits per heavy atom. The molecule has 0 amide bonds. The summed E-state index contributed by atoms with van der Waals surface area (Å²) in [6.45, 7) is 7.35. The molecule has 0 aromatic carbocycles. The van der Waals surface area contributed by atoms with Crippen LogP contribution in [-0.2, 0) is 20.9 Å². The van der Waals surface area contributed by atoms with Gasteiger partial charge >= 0.3 is 11.9 Å². The number of rotatable bonds is 19. The number of unbranched alkanes of at least 4 members (excludes halogenated alkanes) is 10. The molecule has 1 heterocycles. The lowest BCUT2D eigenvalue weighted by molar-refractivity contribution is -0.159. The van der Waals surface area contributed by atoms with Crippen LogP contribution in [0.4, 0.5) is 0 Å². The minimum Gasteiger partial charge on any atom is -0.473 e. The van der Waals surface area contributed by atoms with E-state index in [0.29, 0.717) is 5.25 Å². The van der Waals surface area contributed by atoms with E-state index in [0.717, 1.165) is 19.8 Å². The quantitative estimate of drug-likeness (QED) is 0.191. The van der Waals surface area contributed by atoms with Crippen LogP contribution < -0.4 is 0 Å². The first kappa shape index (κ1) is 30.5. The smallest absolute Gasteiger partial charge is 0.414 e. The van der Waals surface area contributed by atoms with Gasteiger partial charge in [0.15, 0.2) is 0 Å². The molecule has 0 saturated heterocycles. The molecule has 0 bridgehead atoms. The first-order valence-corrected chi connectivity index (χ1v) is 13.2. The molecule has 32 heavy (non-hydrogen) atoms. The Morgan fingerprint density at radius 1 is 0.906 bits per heavy atom. The third-order valence-corrected chi connectivity index (χ3v) is 6.23. The van der Waals surface area contributed by atoms with Gasteiger partial charge in [-0.15, -0.1) is 0 Å². The zero-order valence-corrected chi connectivity index (χ0v) is 20.9. The van der Waals surface area contributed by atoms with Gasteiger partial charge in [-0.3, -0.25) is 0 Å². The average molecular weight is 473 g/mol. The molecule has 186 valence electrons. The van der Waals surface area contributed by atoms with Crippen molar-refractivity contribution in [3.63, 3.8) is 0 Å². The number of hydrogen-bond donors (Lipinski definition) is 2. The highest BCUT2D eigenvalue weighted by Gasteiger charge is 2.10. The van der Waals surface area contributed by atoms with E-state index in [9.17, 15) is 0 Å². The summed E-state index contributed by atoms with van der Waals surface area (Å²) in [7, 11) is 0. The lowest BCUT2D eigenvalue weighted by Gasteiger charge is -2.17. The highest BCUT2D eigenvalue weighted by molar-refractivity contribution is 7.99. The molecule has 1 atom stereocenters. The standard InChI is InChI=1S/C22H42N2OS.C2H2O4/c1-3-5-7-9-11-13-17-25-20-22(19-24-16-15-23-21-24)26-18-14-12-10-8-6-4-2;3-1(4)2(5)6/h15-16,21-22H,3-14,17-20H2,1-2H3;(H,3,4)(H,5,6). The summed E-state index contributed by atoms with van der Waals surface area (Å²) in [4.78, 5) is 22.4. The number of imidazole rings is 1. The second kappa shape index (κ2) is 22.6. The van der Waals surface area contributed by atoms with Crippen molar-refractivity contribution in [2.45, 2.75) is 103 Å². The summed E-state index contributed by atoms with van der Waals surface area (Å²) in [5, 5.41) is 15.3. The maximum Gasteiger partial charge on any atom is 0.414 e. The van der Waals surface area contributed by atoms with Crippen LogP contribution in [0.1, 0.15) is 90.9 Å². The van der Waals surface area contributed by atoms with Crippen molar-refractivity contribution in [2.24, 2.45) is 0 Å². The summed E-state index contributed by atoms with van der Waals surface area (Å²) >= 11 is 2.08. The van der Waals surface area contributed by atoms with Crippen LogP contribution in [0, 0.1) is 0 Å². The van der Waals surface area contributed by atoms with E-state index in [2.05, 4.69) is 41.4 Å². The normalized spacial score (nSPS) is 11.6. The third-order valence-electron chi connectivity index (χ3n) is 4.95. The molecule has 0 aliphatic carbocycles. The van der Waals surface area contributed by atoms with Gasteiger partial charge in [0, 0.05) is 30.8 Å². The van der Waals surface area contributed by atoms with Crippen LogP contribution >= 0.6 is 11.8 Å². The van der Waals surface area contributed by atoms with Gasteiger partial charge in [-0.2, -0.15) is 11.8 Å². The fraction of sp³-hybridized carbons (Fsp3) is 0.792. The predicted octanol–water partition coefficient (Wildman–Crippen LogP) is 5.88. The number of nitrogens with zero attached hydrogens (tertiary/aromatic N) is 2. The lowest BCUT2D eigenvalue weighted by atomic mass is 10.1. The Balaban J connectivity index is 0.00000140. The van der Waals surface area contributed by atoms with E-state index < -0.39 is 11.9 Å². The maximum absolute atomic E-state index is 9.10. The number of aliphatic carboxylic acids is 2. The lowest BCUT2D eigenvalue weighted by Crippen LogP contribution is -2.19. The second-order valence-electron chi connectivity index (χ2n) is 7.97. The van der Waals surface area contributed by atoms with Crippen molar-refractivity contribution in [3.8, 4) is 0 Å². The summed E-state index contributed by atoms with van der Waals surface area (Å²) in [6, 6.07) is 0. The maximum atomic E-state index is 9.10. The number of carboxylic acids is 2. The largest absolute Gasteiger partial charge is 0.473 e. The molecule has 0 radical (unpaired) electrons. The van der Waals surface area contributed by atoms with Crippen LogP contribution in [0.25, 0.3) is 0 Å². The molecule has 2 N–H and O–H groups in total. The van der Waals surface area contributed by atoms with Crippen molar-refractivity contribution < 1.29 is 24.5 Å². The molecule has 0 spiro atoms. The minimum absolute atomic E-state index is 0.542. The molecule has 0 aliphatic heterocycles. The van der Waals surface area contributed by atoms with Gasteiger partial charge in [-0.1, -0.05) is 78.1 Å². The van der Waals surface area contributed by atoms with E-state index in [1.54, 1.807) is 0 Å². The first-order chi connectivity index (χ1) is 15.5. The van der Waals surface area contributed by atoms with Crippen molar-refractivity contribution in [2.75, 3.05) is 19.0 Å².